The van der Waals surface area contributed by atoms with Crippen molar-refractivity contribution >= 4 is 28.6 Å². The second kappa shape index (κ2) is 8.53. The highest BCUT2D eigenvalue weighted by Gasteiger charge is 2.12. The van der Waals surface area contributed by atoms with E-state index in [1.54, 1.807) is 24.0 Å². The van der Waals surface area contributed by atoms with Crippen LogP contribution in [0.15, 0.2) is 47.1 Å². The summed E-state index contributed by atoms with van der Waals surface area (Å²) in [6, 6.07) is 11.1. The van der Waals surface area contributed by atoms with Gasteiger partial charge in [-0.15, -0.1) is 0 Å². The lowest BCUT2D eigenvalue weighted by molar-refractivity contribution is 0.0944. The third-order valence-electron chi connectivity index (χ3n) is 3.56. The van der Waals surface area contributed by atoms with Crippen molar-refractivity contribution in [1.29, 1.82) is 0 Å². The van der Waals surface area contributed by atoms with Crippen LogP contribution in [0.5, 0.6) is 5.75 Å². The van der Waals surface area contributed by atoms with Crippen LogP contribution in [0.1, 0.15) is 22.7 Å². The molecule has 1 aromatic carbocycles. The van der Waals surface area contributed by atoms with E-state index >= 15 is 0 Å². The molecule has 0 bridgehead atoms. The summed E-state index contributed by atoms with van der Waals surface area (Å²) in [5, 5.41) is 7.62. The summed E-state index contributed by atoms with van der Waals surface area (Å²) in [6.07, 6.45) is 4.72. The summed E-state index contributed by atoms with van der Waals surface area (Å²) in [4.78, 5) is 16.2. The minimum atomic E-state index is -0.229. The van der Waals surface area contributed by atoms with Crippen LogP contribution in [0, 0.1) is 0 Å². The van der Waals surface area contributed by atoms with Gasteiger partial charge in [-0.25, -0.2) is 0 Å². The van der Waals surface area contributed by atoms with Gasteiger partial charge in [-0.1, -0.05) is 11.2 Å². The van der Waals surface area contributed by atoms with Crippen molar-refractivity contribution in [2.45, 2.75) is 13.0 Å². The second-order valence-corrected chi connectivity index (χ2v) is 6.41. The zero-order valence-electron chi connectivity index (χ0n) is 13.9. The number of amides is 1. The summed E-state index contributed by atoms with van der Waals surface area (Å²) < 4.78 is 10.9. The van der Waals surface area contributed by atoms with Gasteiger partial charge in [-0.05, 0) is 42.7 Å². The van der Waals surface area contributed by atoms with Crippen molar-refractivity contribution in [2.75, 3.05) is 18.6 Å². The van der Waals surface area contributed by atoms with E-state index in [4.69, 9.17) is 9.26 Å². The number of nitrogens with zero attached hydrogens (tertiary/aromatic N) is 2. The summed E-state index contributed by atoms with van der Waals surface area (Å²) in [5.41, 5.74) is 1.18. The number of carbonyl (C=O) groups is 1. The first-order valence-electron chi connectivity index (χ1n) is 7.96. The van der Waals surface area contributed by atoms with Gasteiger partial charge >= 0.3 is 0 Å². The van der Waals surface area contributed by atoms with Crippen LogP contribution in [0.3, 0.4) is 0 Å². The van der Waals surface area contributed by atoms with Crippen LogP contribution in [0.2, 0.25) is 0 Å². The molecule has 0 radical (unpaired) electrons. The topological polar surface area (TPSA) is 77.2 Å². The molecule has 0 atom stereocenters. The number of carbonyl (C=O) groups excluding carboxylic acids is 1. The Kier molecular flexibility index (Phi) is 5.90. The van der Waals surface area contributed by atoms with Crippen molar-refractivity contribution in [3.05, 3.63) is 54.0 Å². The SMILES string of the molecule is CSCCCNC(=O)c1cc(COc2ccc3ncccc3c2)on1. The van der Waals surface area contributed by atoms with Gasteiger partial charge in [0.15, 0.2) is 11.5 Å². The first-order chi connectivity index (χ1) is 12.3. The molecule has 0 aliphatic rings. The number of aromatic nitrogens is 2. The largest absolute Gasteiger partial charge is 0.486 e. The quantitative estimate of drug-likeness (QED) is 0.624. The fraction of sp³-hybridized carbons (Fsp3) is 0.278. The monoisotopic (exact) mass is 357 g/mol. The number of pyridine rings is 1. The van der Waals surface area contributed by atoms with Crippen molar-refractivity contribution < 1.29 is 14.1 Å². The molecule has 0 spiro atoms. The Morgan fingerprint density at radius 2 is 2.24 bits per heavy atom. The Bertz CT molecular complexity index is 850. The molecule has 2 heterocycles. The van der Waals surface area contributed by atoms with E-state index in [1.807, 2.05) is 36.6 Å². The van der Waals surface area contributed by atoms with Crippen LogP contribution in [-0.2, 0) is 6.61 Å². The van der Waals surface area contributed by atoms with Crippen LogP contribution in [-0.4, -0.2) is 34.6 Å². The predicted octanol–water partition coefficient (Wildman–Crippen LogP) is 3.28. The van der Waals surface area contributed by atoms with E-state index in [0.717, 1.165) is 23.1 Å². The lowest BCUT2D eigenvalue weighted by Gasteiger charge is -2.04. The summed E-state index contributed by atoms with van der Waals surface area (Å²) in [6.45, 7) is 0.835. The van der Waals surface area contributed by atoms with E-state index in [-0.39, 0.29) is 18.2 Å². The molecular weight excluding hydrogens is 338 g/mol. The van der Waals surface area contributed by atoms with Gasteiger partial charge in [0.2, 0.25) is 0 Å². The Morgan fingerprint density at radius 1 is 1.32 bits per heavy atom. The number of ether oxygens (including phenoxy) is 1. The number of fused-ring (bicyclic) bond motifs is 1. The first kappa shape index (κ1) is 17.3. The Hall–Kier alpha value is -2.54. The van der Waals surface area contributed by atoms with E-state index in [9.17, 15) is 4.79 Å². The number of thioether (sulfide) groups is 1. The van der Waals surface area contributed by atoms with Gasteiger partial charge in [-0.2, -0.15) is 11.8 Å². The van der Waals surface area contributed by atoms with Crippen LogP contribution in [0.4, 0.5) is 0 Å². The molecule has 0 fully saturated rings. The average Bonchev–Trinajstić information content (AvgIpc) is 3.12. The van der Waals surface area contributed by atoms with Gasteiger partial charge < -0.3 is 14.6 Å². The molecule has 0 aliphatic carbocycles. The maximum atomic E-state index is 12.0. The van der Waals surface area contributed by atoms with E-state index < -0.39 is 0 Å². The molecule has 1 amide bonds. The first-order valence-corrected chi connectivity index (χ1v) is 9.36. The molecule has 3 rings (SSSR count). The minimum Gasteiger partial charge on any atom is -0.486 e. The lowest BCUT2D eigenvalue weighted by Crippen LogP contribution is -2.25. The van der Waals surface area contributed by atoms with Gasteiger partial charge in [0.05, 0.1) is 5.52 Å². The molecule has 7 heteroatoms. The molecule has 2 aromatic heterocycles. The summed E-state index contributed by atoms with van der Waals surface area (Å²) in [5.74, 6) is 1.99. The molecule has 6 nitrogen and oxygen atoms in total. The van der Waals surface area contributed by atoms with Gasteiger partial charge in [0, 0.05) is 24.2 Å². The molecule has 0 aliphatic heterocycles. The van der Waals surface area contributed by atoms with Crippen LogP contribution < -0.4 is 10.1 Å². The highest BCUT2D eigenvalue weighted by molar-refractivity contribution is 7.98. The molecular formula is C18H19N3O3S. The number of nitrogens with one attached hydrogen (secondary N) is 1. The highest BCUT2D eigenvalue weighted by Crippen LogP contribution is 2.20. The smallest absolute Gasteiger partial charge is 0.273 e. The van der Waals surface area contributed by atoms with Gasteiger partial charge in [0.1, 0.15) is 12.4 Å². The molecule has 0 saturated heterocycles. The average molecular weight is 357 g/mol. The number of rotatable bonds is 8. The third kappa shape index (κ3) is 4.73. The summed E-state index contributed by atoms with van der Waals surface area (Å²) in [7, 11) is 0. The van der Waals surface area contributed by atoms with Crippen LogP contribution in [0.25, 0.3) is 10.9 Å². The molecule has 130 valence electrons. The maximum Gasteiger partial charge on any atom is 0.273 e. The van der Waals surface area contributed by atoms with Crippen molar-refractivity contribution in [3.8, 4) is 5.75 Å². The zero-order chi connectivity index (χ0) is 17.5. The molecule has 0 saturated carbocycles. The Balaban J connectivity index is 1.54. The number of hydrogen-bond acceptors (Lipinski definition) is 6. The molecule has 0 unspecified atom stereocenters. The van der Waals surface area contributed by atoms with Gasteiger partial charge in [-0.3, -0.25) is 9.78 Å². The Morgan fingerprint density at radius 3 is 3.12 bits per heavy atom. The number of hydrogen-bond donors (Lipinski definition) is 1. The van der Waals surface area contributed by atoms with E-state index in [0.29, 0.717) is 18.1 Å². The second-order valence-electron chi connectivity index (χ2n) is 5.43. The van der Waals surface area contributed by atoms with Crippen LogP contribution >= 0.6 is 11.8 Å². The molecule has 3 aromatic rings. The maximum absolute atomic E-state index is 12.0. The van der Waals surface area contributed by atoms with Crippen molar-refractivity contribution in [3.63, 3.8) is 0 Å². The predicted molar refractivity (Wildman–Crippen MR) is 97.9 cm³/mol. The lowest BCUT2D eigenvalue weighted by atomic mass is 10.2. The Labute approximate surface area is 149 Å². The van der Waals surface area contributed by atoms with Gasteiger partial charge in [0.25, 0.3) is 5.91 Å². The number of benzene rings is 1. The normalized spacial score (nSPS) is 10.8. The molecule has 25 heavy (non-hydrogen) atoms. The van der Waals surface area contributed by atoms with Crippen molar-refractivity contribution in [2.24, 2.45) is 0 Å². The fourth-order valence-corrected chi connectivity index (χ4v) is 2.73. The molecule has 1 N–H and O–H groups in total. The third-order valence-corrected chi connectivity index (χ3v) is 4.25. The highest BCUT2D eigenvalue weighted by atomic mass is 32.2. The van der Waals surface area contributed by atoms with E-state index in [1.165, 1.54) is 0 Å². The van der Waals surface area contributed by atoms with E-state index in [2.05, 4.69) is 15.5 Å². The van der Waals surface area contributed by atoms with Crippen molar-refractivity contribution in [1.82, 2.24) is 15.5 Å². The minimum absolute atomic E-state index is 0.207. The fourth-order valence-electron chi connectivity index (χ4n) is 2.29. The zero-order valence-corrected chi connectivity index (χ0v) is 14.7. The summed E-state index contributed by atoms with van der Waals surface area (Å²) >= 11 is 1.75. The standard InChI is InChI=1S/C18H19N3O3S/c1-25-9-3-8-20-18(22)17-11-15(24-21-17)12-23-14-5-6-16-13(10-14)4-2-7-19-16/h2,4-7,10-11H,3,8-9,12H2,1H3,(H,20,22).